The number of hydrogen-bond acceptors (Lipinski definition) is 3. The molecule has 1 aromatic rings. The highest BCUT2D eigenvalue weighted by atomic mass is 16.2. The SMILES string of the molecule is CC(=O)c1ccccc1NC(=O)C1CC(=O)N(C2CCCC2)C1. The zero-order valence-corrected chi connectivity index (χ0v) is 13.4. The van der Waals surface area contributed by atoms with E-state index in [1.165, 1.54) is 6.92 Å². The van der Waals surface area contributed by atoms with Crippen LogP contribution in [0.1, 0.15) is 49.4 Å². The van der Waals surface area contributed by atoms with Gasteiger partial charge in [-0.1, -0.05) is 25.0 Å². The lowest BCUT2D eigenvalue weighted by molar-refractivity contribution is -0.129. The first-order chi connectivity index (χ1) is 11.1. The second-order valence-electron chi connectivity index (χ2n) is 6.48. The smallest absolute Gasteiger partial charge is 0.229 e. The summed E-state index contributed by atoms with van der Waals surface area (Å²) in [7, 11) is 0. The van der Waals surface area contributed by atoms with Crippen LogP contribution in [-0.2, 0) is 9.59 Å². The van der Waals surface area contributed by atoms with Crippen molar-refractivity contribution in [3.8, 4) is 0 Å². The Balaban J connectivity index is 1.67. The predicted octanol–water partition coefficient (Wildman–Crippen LogP) is 2.62. The number of nitrogens with zero attached hydrogens (tertiary/aromatic N) is 1. The summed E-state index contributed by atoms with van der Waals surface area (Å²) in [4.78, 5) is 38.2. The Morgan fingerprint density at radius 2 is 1.87 bits per heavy atom. The van der Waals surface area contributed by atoms with Crippen LogP contribution in [0.15, 0.2) is 24.3 Å². The molecule has 122 valence electrons. The standard InChI is InChI=1S/C18H22N2O3/c1-12(21)15-8-4-5-9-16(15)19-18(23)13-10-17(22)20(11-13)14-6-2-3-7-14/h4-5,8-9,13-14H,2-3,6-7,10-11H2,1H3,(H,19,23). The van der Waals surface area contributed by atoms with E-state index in [9.17, 15) is 14.4 Å². The number of para-hydroxylation sites is 1. The van der Waals surface area contributed by atoms with Crippen molar-refractivity contribution < 1.29 is 14.4 Å². The molecule has 1 unspecified atom stereocenters. The lowest BCUT2D eigenvalue weighted by Gasteiger charge is -2.24. The maximum atomic E-state index is 12.5. The van der Waals surface area contributed by atoms with E-state index in [2.05, 4.69) is 5.32 Å². The monoisotopic (exact) mass is 314 g/mol. The van der Waals surface area contributed by atoms with Gasteiger partial charge in [-0.3, -0.25) is 14.4 Å². The Morgan fingerprint density at radius 1 is 1.17 bits per heavy atom. The summed E-state index contributed by atoms with van der Waals surface area (Å²) in [6.07, 6.45) is 4.69. The van der Waals surface area contributed by atoms with Crippen molar-refractivity contribution in [2.45, 2.75) is 45.1 Å². The fraction of sp³-hybridized carbons (Fsp3) is 0.500. The van der Waals surface area contributed by atoms with E-state index in [0.717, 1.165) is 25.7 Å². The molecule has 5 heteroatoms. The first-order valence-electron chi connectivity index (χ1n) is 8.26. The van der Waals surface area contributed by atoms with Crippen LogP contribution in [0.25, 0.3) is 0 Å². The fourth-order valence-electron chi connectivity index (χ4n) is 3.61. The summed E-state index contributed by atoms with van der Waals surface area (Å²) in [6, 6.07) is 7.28. The van der Waals surface area contributed by atoms with Crippen molar-refractivity contribution in [3.05, 3.63) is 29.8 Å². The maximum absolute atomic E-state index is 12.5. The Labute approximate surface area is 136 Å². The van der Waals surface area contributed by atoms with Crippen LogP contribution in [-0.4, -0.2) is 35.1 Å². The molecule has 1 N–H and O–H groups in total. The molecule has 1 atom stereocenters. The van der Waals surface area contributed by atoms with Gasteiger partial charge in [0.25, 0.3) is 0 Å². The molecule has 0 spiro atoms. The lowest BCUT2D eigenvalue weighted by Crippen LogP contribution is -2.35. The third-order valence-corrected chi connectivity index (χ3v) is 4.86. The minimum absolute atomic E-state index is 0.0805. The molecule has 23 heavy (non-hydrogen) atoms. The van der Waals surface area contributed by atoms with Crippen molar-refractivity contribution in [2.75, 3.05) is 11.9 Å². The number of anilines is 1. The zero-order valence-electron chi connectivity index (χ0n) is 13.4. The normalized spacial score (nSPS) is 21.7. The highest BCUT2D eigenvalue weighted by Crippen LogP contribution is 2.30. The molecule has 1 aliphatic heterocycles. The van der Waals surface area contributed by atoms with E-state index >= 15 is 0 Å². The number of rotatable bonds is 4. The molecular formula is C18H22N2O3. The van der Waals surface area contributed by atoms with Gasteiger partial charge >= 0.3 is 0 Å². The quantitative estimate of drug-likeness (QED) is 0.869. The molecule has 1 heterocycles. The minimum atomic E-state index is -0.330. The fourth-order valence-corrected chi connectivity index (χ4v) is 3.61. The third kappa shape index (κ3) is 3.28. The van der Waals surface area contributed by atoms with Gasteiger partial charge in [0.05, 0.1) is 11.6 Å². The molecule has 0 radical (unpaired) electrons. The second kappa shape index (κ2) is 6.52. The van der Waals surface area contributed by atoms with E-state index in [4.69, 9.17) is 0 Å². The molecule has 3 rings (SSSR count). The highest BCUT2D eigenvalue weighted by molar-refractivity contribution is 6.05. The molecule has 0 bridgehead atoms. The van der Waals surface area contributed by atoms with E-state index < -0.39 is 0 Å². The molecule has 2 amide bonds. The predicted molar refractivity (Wildman–Crippen MR) is 87.2 cm³/mol. The molecule has 2 fully saturated rings. The van der Waals surface area contributed by atoms with Crippen LogP contribution in [0.2, 0.25) is 0 Å². The summed E-state index contributed by atoms with van der Waals surface area (Å²) in [5.41, 5.74) is 1.02. The Morgan fingerprint density at radius 3 is 2.57 bits per heavy atom. The summed E-state index contributed by atoms with van der Waals surface area (Å²) in [5.74, 6) is -0.511. The number of nitrogens with one attached hydrogen (secondary N) is 1. The van der Waals surface area contributed by atoms with Gasteiger partial charge in [-0.15, -0.1) is 0 Å². The molecule has 1 aliphatic carbocycles. The third-order valence-electron chi connectivity index (χ3n) is 4.86. The van der Waals surface area contributed by atoms with Crippen molar-refractivity contribution in [1.29, 1.82) is 0 Å². The summed E-state index contributed by atoms with van der Waals surface area (Å²) >= 11 is 0. The van der Waals surface area contributed by atoms with Crippen LogP contribution in [0.3, 0.4) is 0 Å². The number of likely N-dealkylation sites (tertiary alicyclic amines) is 1. The maximum Gasteiger partial charge on any atom is 0.229 e. The van der Waals surface area contributed by atoms with E-state index in [1.54, 1.807) is 24.3 Å². The first-order valence-corrected chi connectivity index (χ1v) is 8.26. The van der Waals surface area contributed by atoms with Gasteiger partial charge in [-0.2, -0.15) is 0 Å². The number of hydrogen-bond donors (Lipinski definition) is 1. The van der Waals surface area contributed by atoms with Crippen molar-refractivity contribution in [3.63, 3.8) is 0 Å². The molecular weight excluding hydrogens is 292 g/mol. The average Bonchev–Trinajstić information content (AvgIpc) is 3.16. The minimum Gasteiger partial charge on any atom is -0.339 e. The Kier molecular flexibility index (Phi) is 4.46. The largest absolute Gasteiger partial charge is 0.339 e. The van der Waals surface area contributed by atoms with E-state index in [0.29, 0.717) is 23.8 Å². The van der Waals surface area contributed by atoms with E-state index in [-0.39, 0.29) is 29.9 Å². The summed E-state index contributed by atoms with van der Waals surface area (Å²) in [5, 5.41) is 2.83. The molecule has 1 saturated carbocycles. The van der Waals surface area contributed by atoms with Gasteiger partial charge in [0, 0.05) is 24.6 Å². The van der Waals surface area contributed by atoms with Gasteiger partial charge < -0.3 is 10.2 Å². The van der Waals surface area contributed by atoms with E-state index in [1.807, 2.05) is 4.90 Å². The van der Waals surface area contributed by atoms with Crippen LogP contribution >= 0.6 is 0 Å². The number of carbonyl (C=O) groups is 3. The van der Waals surface area contributed by atoms with Gasteiger partial charge in [-0.25, -0.2) is 0 Å². The second-order valence-corrected chi connectivity index (χ2v) is 6.48. The summed E-state index contributed by atoms with van der Waals surface area (Å²) in [6.45, 7) is 1.98. The van der Waals surface area contributed by atoms with Gasteiger partial charge in [0.15, 0.2) is 5.78 Å². The Bertz CT molecular complexity index is 635. The van der Waals surface area contributed by atoms with Gasteiger partial charge in [0.2, 0.25) is 11.8 Å². The Hall–Kier alpha value is -2.17. The molecule has 2 aliphatic rings. The lowest BCUT2D eigenvalue weighted by atomic mass is 10.1. The number of Topliss-reactive ketones (excluding diaryl/α,β-unsaturated/α-hetero) is 1. The number of carbonyl (C=O) groups excluding carboxylic acids is 3. The molecule has 1 aromatic carbocycles. The van der Waals surface area contributed by atoms with Crippen molar-refractivity contribution in [2.24, 2.45) is 5.92 Å². The van der Waals surface area contributed by atoms with Crippen molar-refractivity contribution in [1.82, 2.24) is 4.90 Å². The molecule has 5 nitrogen and oxygen atoms in total. The van der Waals surface area contributed by atoms with Crippen LogP contribution < -0.4 is 5.32 Å². The van der Waals surface area contributed by atoms with Crippen LogP contribution in [0.4, 0.5) is 5.69 Å². The first kappa shape index (κ1) is 15.7. The zero-order chi connectivity index (χ0) is 16.4. The van der Waals surface area contributed by atoms with Crippen LogP contribution in [0, 0.1) is 5.92 Å². The number of benzene rings is 1. The van der Waals surface area contributed by atoms with Gasteiger partial charge in [0.1, 0.15) is 0 Å². The van der Waals surface area contributed by atoms with Crippen LogP contribution in [0.5, 0.6) is 0 Å². The topological polar surface area (TPSA) is 66.5 Å². The highest BCUT2D eigenvalue weighted by Gasteiger charge is 2.38. The summed E-state index contributed by atoms with van der Waals surface area (Å²) < 4.78 is 0. The van der Waals surface area contributed by atoms with Crippen molar-refractivity contribution >= 4 is 23.3 Å². The molecule has 1 saturated heterocycles. The number of amides is 2. The molecule has 0 aromatic heterocycles. The number of ketones is 1. The average molecular weight is 314 g/mol. The van der Waals surface area contributed by atoms with Gasteiger partial charge in [-0.05, 0) is 31.9 Å².